The van der Waals surface area contributed by atoms with E-state index in [0.29, 0.717) is 31.7 Å². The van der Waals surface area contributed by atoms with E-state index in [9.17, 15) is 14.0 Å². The van der Waals surface area contributed by atoms with Gasteiger partial charge in [0.05, 0.1) is 0 Å². The van der Waals surface area contributed by atoms with Crippen LogP contribution in [-0.4, -0.2) is 46.4 Å². The average molecular weight is 501 g/mol. The lowest BCUT2D eigenvalue weighted by atomic mass is 10.1. The average Bonchev–Trinajstić information content (AvgIpc) is 3.31. The molecule has 7 heteroatoms. The van der Waals surface area contributed by atoms with Crippen LogP contribution in [0.4, 0.5) is 14.9 Å². The molecule has 0 atom stereocenters. The maximum absolute atomic E-state index is 13.5. The second kappa shape index (κ2) is 12.2. The molecular formula is C30H33FN4O2. The van der Waals surface area contributed by atoms with Gasteiger partial charge in [-0.05, 0) is 61.2 Å². The van der Waals surface area contributed by atoms with E-state index in [4.69, 9.17) is 0 Å². The normalized spacial score (nSPS) is 10.9. The standard InChI is InChI=1S/C30H33FN4O2/c1-3-17-35(30(37)33-26-14-8-22(2)9-15-26)21-29(36)34(20-23-10-12-25(31)13-11-23)18-16-24-19-32-28-7-5-4-6-27(24)28/h4-15,19,32H,3,16-18,20-21H2,1-2H3,(H,33,37). The fraction of sp³-hybridized carbons (Fsp3) is 0.267. The number of fused-ring (bicyclic) bond motifs is 1. The van der Waals surface area contributed by atoms with Crippen LogP contribution in [0.2, 0.25) is 0 Å². The number of hydrogen-bond donors (Lipinski definition) is 2. The monoisotopic (exact) mass is 500 g/mol. The van der Waals surface area contributed by atoms with E-state index in [1.165, 1.54) is 12.1 Å². The maximum Gasteiger partial charge on any atom is 0.322 e. The molecule has 4 aromatic rings. The number of carbonyl (C=O) groups is 2. The van der Waals surface area contributed by atoms with Gasteiger partial charge >= 0.3 is 6.03 Å². The predicted molar refractivity (Wildman–Crippen MR) is 146 cm³/mol. The molecule has 0 radical (unpaired) electrons. The summed E-state index contributed by atoms with van der Waals surface area (Å²) in [6, 6.07) is 21.5. The van der Waals surface area contributed by atoms with Gasteiger partial charge in [-0.1, -0.05) is 55.0 Å². The quantitative estimate of drug-likeness (QED) is 0.275. The Balaban J connectivity index is 1.49. The van der Waals surface area contributed by atoms with E-state index >= 15 is 0 Å². The van der Waals surface area contributed by atoms with Crippen molar-refractivity contribution in [2.24, 2.45) is 0 Å². The van der Waals surface area contributed by atoms with Crippen molar-refractivity contribution in [3.8, 4) is 0 Å². The lowest BCUT2D eigenvalue weighted by Gasteiger charge is -2.28. The number of benzene rings is 3. The molecule has 6 nitrogen and oxygen atoms in total. The third-order valence-electron chi connectivity index (χ3n) is 6.38. The highest BCUT2D eigenvalue weighted by atomic mass is 19.1. The molecule has 4 rings (SSSR count). The summed E-state index contributed by atoms with van der Waals surface area (Å²) in [5.41, 5.74) is 4.79. The fourth-order valence-corrected chi connectivity index (χ4v) is 4.32. The Morgan fingerprint density at radius 1 is 0.919 bits per heavy atom. The van der Waals surface area contributed by atoms with Crippen molar-refractivity contribution < 1.29 is 14.0 Å². The maximum atomic E-state index is 13.5. The van der Waals surface area contributed by atoms with Crippen LogP contribution in [0.15, 0.2) is 79.0 Å². The summed E-state index contributed by atoms with van der Waals surface area (Å²) >= 11 is 0. The molecule has 0 aliphatic carbocycles. The predicted octanol–water partition coefficient (Wildman–Crippen LogP) is 6.13. The largest absolute Gasteiger partial charge is 0.361 e. The Labute approximate surface area is 217 Å². The number of halogens is 1. The van der Waals surface area contributed by atoms with Crippen LogP contribution in [0.25, 0.3) is 10.9 Å². The number of aryl methyl sites for hydroxylation is 1. The summed E-state index contributed by atoms with van der Waals surface area (Å²) < 4.78 is 13.5. The number of anilines is 1. The molecule has 0 spiro atoms. The van der Waals surface area contributed by atoms with Crippen molar-refractivity contribution in [1.82, 2.24) is 14.8 Å². The number of rotatable bonds is 10. The molecule has 1 aromatic heterocycles. The molecule has 3 amide bonds. The minimum absolute atomic E-state index is 0.0411. The summed E-state index contributed by atoms with van der Waals surface area (Å²) in [6.07, 6.45) is 3.35. The number of nitrogens with zero attached hydrogens (tertiary/aromatic N) is 2. The van der Waals surface area contributed by atoms with Gasteiger partial charge in [-0.3, -0.25) is 4.79 Å². The van der Waals surface area contributed by atoms with Crippen molar-refractivity contribution >= 4 is 28.5 Å². The third kappa shape index (κ3) is 6.97. The smallest absolute Gasteiger partial charge is 0.322 e. The van der Waals surface area contributed by atoms with Crippen molar-refractivity contribution in [3.63, 3.8) is 0 Å². The molecule has 0 unspecified atom stereocenters. The summed E-state index contributed by atoms with van der Waals surface area (Å²) in [5.74, 6) is -0.473. The number of amides is 3. The van der Waals surface area contributed by atoms with Crippen molar-refractivity contribution in [1.29, 1.82) is 0 Å². The second-order valence-electron chi connectivity index (χ2n) is 9.27. The highest BCUT2D eigenvalue weighted by molar-refractivity contribution is 5.92. The molecule has 37 heavy (non-hydrogen) atoms. The van der Waals surface area contributed by atoms with E-state index < -0.39 is 0 Å². The first-order chi connectivity index (χ1) is 17.9. The number of hydrogen-bond acceptors (Lipinski definition) is 2. The molecule has 0 fully saturated rings. The first-order valence-electron chi connectivity index (χ1n) is 12.6. The molecule has 1 heterocycles. The van der Waals surface area contributed by atoms with E-state index in [1.807, 2.05) is 62.5 Å². The number of nitrogens with one attached hydrogen (secondary N) is 2. The Hall–Kier alpha value is -4.13. The van der Waals surface area contributed by atoms with Crippen LogP contribution in [0, 0.1) is 12.7 Å². The summed E-state index contributed by atoms with van der Waals surface area (Å²) in [7, 11) is 0. The molecule has 0 saturated heterocycles. The Bertz CT molecular complexity index is 1330. The molecule has 0 bridgehead atoms. The highest BCUT2D eigenvalue weighted by Crippen LogP contribution is 2.19. The Morgan fingerprint density at radius 2 is 1.65 bits per heavy atom. The lowest BCUT2D eigenvalue weighted by molar-refractivity contribution is -0.132. The highest BCUT2D eigenvalue weighted by Gasteiger charge is 2.22. The van der Waals surface area contributed by atoms with Crippen LogP contribution in [0.1, 0.15) is 30.0 Å². The Morgan fingerprint density at radius 3 is 2.38 bits per heavy atom. The molecule has 2 N–H and O–H groups in total. The molecular weight excluding hydrogens is 467 g/mol. The summed E-state index contributed by atoms with van der Waals surface area (Å²) in [5, 5.41) is 4.03. The number of para-hydroxylation sites is 1. The zero-order chi connectivity index (χ0) is 26.2. The minimum Gasteiger partial charge on any atom is -0.361 e. The number of aromatic nitrogens is 1. The van der Waals surface area contributed by atoms with Gasteiger partial charge in [0.15, 0.2) is 0 Å². The first kappa shape index (κ1) is 25.9. The molecule has 0 saturated carbocycles. The lowest BCUT2D eigenvalue weighted by Crippen LogP contribution is -2.45. The van der Waals surface area contributed by atoms with Gasteiger partial charge in [0, 0.05) is 42.4 Å². The van der Waals surface area contributed by atoms with E-state index in [-0.39, 0.29) is 24.3 Å². The van der Waals surface area contributed by atoms with Crippen LogP contribution in [0.3, 0.4) is 0 Å². The van der Waals surface area contributed by atoms with Gasteiger partial charge in [-0.2, -0.15) is 0 Å². The zero-order valence-corrected chi connectivity index (χ0v) is 21.3. The number of aromatic amines is 1. The molecule has 0 aliphatic heterocycles. The number of H-pyrrole nitrogens is 1. The van der Waals surface area contributed by atoms with Crippen LogP contribution < -0.4 is 5.32 Å². The van der Waals surface area contributed by atoms with Gasteiger partial charge in [-0.15, -0.1) is 0 Å². The van der Waals surface area contributed by atoms with E-state index in [0.717, 1.165) is 34.0 Å². The van der Waals surface area contributed by atoms with Gasteiger partial charge in [-0.25, -0.2) is 9.18 Å². The van der Waals surface area contributed by atoms with Crippen LogP contribution in [-0.2, 0) is 17.8 Å². The van der Waals surface area contributed by atoms with Gasteiger partial charge in [0.1, 0.15) is 12.4 Å². The van der Waals surface area contributed by atoms with Crippen molar-refractivity contribution in [2.45, 2.75) is 33.2 Å². The third-order valence-corrected chi connectivity index (χ3v) is 6.38. The summed E-state index contributed by atoms with van der Waals surface area (Å²) in [4.78, 5) is 33.2. The minimum atomic E-state index is -0.317. The van der Waals surface area contributed by atoms with Crippen LogP contribution >= 0.6 is 0 Å². The van der Waals surface area contributed by atoms with Crippen molar-refractivity contribution in [3.05, 3.63) is 102 Å². The van der Waals surface area contributed by atoms with E-state index in [2.05, 4.69) is 16.4 Å². The summed E-state index contributed by atoms with van der Waals surface area (Å²) in [6.45, 7) is 5.18. The van der Waals surface area contributed by atoms with Gasteiger partial charge in [0.2, 0.25) is 5.91 Å². The second-order valence-corrected chi connectivity index (χ2v) is 9.27. The fourth-order valence-electron chi connectivity index (χ4n) is 4.32. The van der Waals surface area contributed by atoms with Crippen molar-refractivity contribution in [2.75, 3.05) is 25.0 Å². The van der Waals surface area contributed by atoms with E-state index in [1.54, 1.807) is 21.9 Å². The molecule has 0 aliphatic rings. The van der Waals surface area contributed by atoms with Gasteiger partial charge < -0.3 is 20.1 Å². The van der Waals surface area contributed by atoms with Crippen LogP contribution in [0.5, 0.6) is 0 Å². The van der Waals surface area contributed by atoms with Gasteiger partial charge in [0.25, 0.3) is 0 Å². The SMILES string of the molecule is CCCN(CC(=O)N(CCc1c[nH]c2ccccc12)Cc1ccc(F)cc1)C(=O)Nc1ccc(C)cc1. The first-order valence-corrected chi connectivity index (χ1v) is 12.6. The molecule has 192 valence electrons. The Kier molecular flexibility index (Phi) is 8.56. The zero-order valence-electron chi connectivity index (χ0n) is 21.3. The number of urea groups is 1. The molecule has 3 aromatic carbocycles. The number of carbonyl (C=O) groups excluding carboxylic acids is 2. The topological polar surface area (TPSA) is 68.4 Å².